The minimum atomic E-state index is -4.08. The van der Waals surface area contributed by atoms with Crippen LogP contribution in [0.25, 0.3) is 0 Å². The smallest absolute Gasteiger partial charge is 0.381 e. The lowest BCUT2D eigenvalue weighted by Gasteiger charge is -2.37. The van der Waals surface area contributed by atoms with Crippen LogP contribution in [-0.2, 0) is 4.74 Å². The molecule has 1 aliphatic rings. The van der Waals surface area contributed by atoms with Crippen LogP contribution in [0, 0.1) is 11.8 Å². The first-order valence-electron chi connectivity index (χ1n) is 5.28. The van der Waals surface area contributed by atoms with E-state index in [-0.39, 0.29) is 13.0 Å². The van der Waals surface area contributed by atoms with Crippen LogP contribution in [0.3, 0.4) is 0 Å². The second kappa shape index (κ2) is 5.16. The first-order valence-corrected chi connectivity index (χ1v) is 5.28. The molecule has 2 nitrogen and oxygen atoms in total. The number of ether oxygens (including phenoxy) is 1. The lowest BCUT2D eigenvalue weighted by molar-refractivity contribution is -0.204. The summed E-state index contributed by atoms with van der Waals surface area (Å²) in [7, 11) is 1.85. The van der Waals surface area contributed by atoms with Gasteiger partial charge in [0.1, 0.15) is 0 Å². The maximum absolute atomic E-state index is 12.7. The molecule has 0 aromatic carbocycles. The molecule has 0 radical (unpaired) electrons. The summed E-state index contributed by atoms with van der Waals surface area (Å²) in [6.45, 7) is 3.49. The van der Waals surface area contributed by atoms with Gasteiger partial charge in [-0.3, -0.25) is 0 Å². The molecule has 0 aromatic heterocycles. The van der Waals surface area contributed by atoms with E-state index in [1.165, 1.54) is 0 Å². The summed E-state index contributed by atoms with van der Waals surface area (Å²) < 4.78 is 43.1. The van der Waals surface area contributed by atoms with E-state index >= 15 is 0 Å². The molecule has 1 saturated heterocycles. The van der Waals surface area contributed by atoms with Crippen molar-refractivity contribution in [2.75, 3.05) is 33.4 Å². The molecule has 1 rings (SSSR count). The van der Waals surface area contributed by atoms with Crippen LogP contribution in [0.15, 0.2) is 0 Å². The highest BCUT2D eigenvalue weighted by Gasteiger charge is 2.46. The monoisotopic (exact) mass is 225 g/mol. The van der Waals surface area contributed by atoms with Gasteiger partial charge in [-0.2, -0.15) is 13.2 Å². The van der Waals surface area contributed by atoms with E-state index in [4.69, 9.17) is 4.74 Å². The minimum Gasteiger partial charge on any atom is -0.381 e. The van der Waals surface area contributed by atoms with Crippen LogP contribution in [-0.4, -0.2) is 44.4 Å². The number of likely N-dealkylation sites (tertiary alicyclic amines) is 1. The predicted molar refractivity (Wildman–Crippen MR) is 51.6 cm³/mol. The Morgan fingerprint density at radius 3 is 2.60 bits per heavy atom. The maximum Gasteiger partial charge on any atom is 0.392 e. The molecule has 0 amide bonds. The number of nitrogens with zero attached hydrogens (tertiary/aromatic N) is 1. The van der Waals surface area contributed by atoms with E-state index in [0.717, 1.165) is 0 Å². The molecule has 1 unspecified atom stereocenters. The number of piperidine rings is 1. The van der Waals surface area contributed by atoms with Gasteiger partial charge < -0.3 is 9.64 Å². The Hall–Kier alpha value is -0.290. The number of hydrogen-bond acceptors (Lipinski definition) is 2. The topological polar surface area (TPSA) is 12.5 Å². The summed E-state index contributed by atoms with van der Waals surface area (Å²) >= 11 is 0. The number of rotatable bonds is 3. The van der Waals surface area contributed by atoms with Gasteiger partial charge in [0, 0.05) is 19.1 Å². The first kappa shape index (κ1) is 12.8. The van der Waals surface area contributed by atoms with Crippen molar-refractivity contribution in [1.82, 2.24) is 4.90 Å². The highest BCUT2D eigenvalue weighted by molar-refractivity contribution is 4.83. The van der Waals surface area contributed by atoms with Gasteiger partial charge in [-0.1, -0.05) is 0 Å². The maximum atomic E-state index is 12.7. The second-order valence-electron chi connectivity index (χ2n) is 4.12. The molecule has 5 heteroatoms. The number of hydrogen-bond donors (Lipinski definition) is 0. The van der Waals surface area contributed by atoms with Crippen LogP contribution in [0.5, 0.6) is 0 Å². The van der Waals surface area contributed by atoms with Gasteiger partial charge in [0.2, 0.25) is 0 Å². The van der Waals surface area contributed by atoms with E-state index in [2.05, 4.69) is 0 Å². The van der Waals surface area contributed by atoms with Crippen LogP contribution in [0.1, 0.15) is 13.3 Å². The molecule has 0 spiro atoms. The van der Waals surface area contributed by atoms with Crippen molar-refractivity contribution in [1.29, 1.82) is 0 Å². The lowest BCUT2D eigenvalue weighted by atomic mass is 9.85. The zero-order valence-electron chi connectivity index (χ0n) is 9.18. The van der Waals surface area contributed by atoms with Gasteiger partial charge in [-0.25, -0.2) is 0 Å². The molecule has 0 aliphatic carbocycles. The third-order valence-corrected chi connectivity index (χ3v) is 2.89. The Morgan fingerprint density at radius 2 is 2.07 bits per heavy atom. The number of alkyl halides is 3. The number of halogens is 3. The van der Waals surface area contributed by atoms with Crippen LogP contribution in [0.2, 0.25) is 0 Å². The molecule has 1 fully saturated rings. The van der Waals surface area contributed by atoms with Crippen molar-refractivity contribution in [3.05, 3.63) is 0 Å². The Bertz CT molecular complexity index is 196. The van der Waals surface area contributed by atoms with Gasteiger partial charge in [0.05, 0.1) is 12.5 Å². The Morgan fingerprint density at radius 1 is 1.40 bits per heavy atom. The molecule has 90 valence electrons. The van der Waals surface area contributed by atoms with Crippen LogP contribution < -0.4 is 0 Å². The Balaban J connectivity index is 2.58. The average Bonchev–Trinajstić information content (AvgIpc) is 2.12. The van der Waals surface area contributed by atoms with Crippen molar-refractivity contribution in [3.63, 3.8) is 0 Å². The first-order chi connectivity index (χ1) is 6.95. The third-order valence-electron chi connectivity index (χ3n) is 2.89. The summed E-state index contributed by atoms with van der Waals surface area (Å²) in [5, 5.41) is 0. The fourth-order valence-electron chi connectivity index (χ4n) is 2.08. The van der Waals surface area contributed by atoms with Crippen molar-refractivity contribution >= 4 is 0 Å². The summed E-state index contributed by atoms with van der Waals surface area (Å²) in [5.41, 5.74) is 0. The van der Waals surface area contributed by atoms with Gasteiger partial charge >= 0.3 is 6.18 Å². The van der Waals surface area contributed by atoms with E-state index in [1.807, 2.05) is 11.9 Å². The van der Waals surface area contributed by atoms with Crippen molar-refractivity contribution in [2.24, 2.45) is 11.8 Å². The Labute approximate surface area is 88.4 Å². The van der Waals surface area contributed by atoms with Crippen molar-refractivity contribution in [3.8, 4) is 0 Å². The van der Waals surface area contributed by atoms with E-state index in [0.29, 0.717) is 19.7 Å². The lowest BCUT2D eigenvalue weighted by Crippen LogP contribution is -2.45. The molecule has 15 heavy (non-hydrogen) atoms. The van der Waals surface area contributed by atoms with Crippen LogP contribution in [0.4, 0.5) is 13.2 Å². The fraction of sp³-hybridized carbons (Fsp3) is 1.00. The van der Waals surface area contributed by atoms with Gasteiger partial charge in [-0.05, 0) is 26.9 Å². The molecule has 0 N–H and O–H groups in total. The van der Waals surface area contributed by atoms with E-state index < -0.39 is 18.0 Å². The summed E-state index contributed by atoms with van der Waals surface area (Å²) in [6.07, 6.45) is -3.89. The largest absolute Gasteiger partial charge is 0.392 e. The molecule has 0 saturated carbocycles. The van der Waals surface area contributed by atoms with E-state index in [1.54, 1.807) is 6.92 Å². The van der Waals surface area contributed by atoms with Gasteiger partial charge in [0.25, 0.3) is 0 Å². The highest BCUT2D eigenvalue weighted by atomic mass is 19.4. The zero-order valence-corrected chi connectivity index (χ0v) is 9.18. The molecule has 2 atom stereocenters. The summed E-state index contributed by atoms with van der Waals surface area (Å²) in [6, 6.07) is 0. The third kappa shape index (κ3) is 3.65. The van der Waals surface area contributed by atoms with Crippen LogP contribution >= 0.6 is 0 Å². The Kier molecular flexibility index (Phi) is 4.40. The molecule has 1 aliphatic heterocycles. The van der Waals surface area contributed by atoms with E-state index in [9.17, 15) is 13.2 Å². The average molecular weight is 225 g/mol. The molecule has 1 heterocycles. The van der Waals surface area contributed by atoms with Crippen molar-refractivity contribution in [2.45, 2.75) is 19.5 Å². The van der Waals surface area contributed by atoms with Crippen molar-refractivity contribution < 1.29 is 17.9 Å². The zero-order chi connectivity index (χ0) is 11.5. The molecule has 0 bridgehead atoms. The standard InChI is InChI=1S/C10H18F3NO/c1-3-15-7-8-6-14(2)5-4-9(8)10(11,12)13/h8-9H,3-7H2,1-2H3/t8?,9-/m0/s1. The highest BCUT2D eigenvalue weighted by Crippen LogP contribution is 2.37. The quantitative estimate of drug-likeness (QED) is 0.729. The SMILES string of the molecule is CCOCC1CN(C)CC[C@@H]1C(F)(F)F. The summed E-state index contributed by atoms with van der Waals surface area (Å²) in [5.74, 6) is -1.61. The van der Waals surface area contributed by atoms with Gasteiger partial charge in [-0.15, -0.1) is 0 Å². The van der Waals surface area contributed by atoms with Gasteiger partial charge in [0.15, 0.2) is 0 Å². The normalized spacial score (nSPS) is 29.4. The predicted octanol–water partition coefficient (Wildman–Crippen LogP) is 2.15. The second-order valence-corrected chi connectivity index (χ2v) is 4.12. The molecular weight excluding hydrogens is 207 g/mol. The minimum absolute atomic E-state index is 0.192. The molecule has 0 aromatic rings. The molecular formula is C10H18F3NO. The fourth-order valence-corrected chi connectivity index (χ4v) is 2.08. The summed E-state index contributed by atoms with van der Waals surface area (Å²) in [4.78, 5) is 1.94.